The summed E-state index contributed by atoms with van der Waals surface area (Å²) >= 11 is 0. The van der Waals surface area contributed by atoms with Crippen molar-refractivity contribution in [2.24, 2.45) is 5.92 Å². The number of nitrogens with one attached hydrogen (secondary N) is 2. The van der Waals surface area contributed by atoms with Gasteiger partial charge in [-0.2, -0.15) is 0 Å². The molecule has 0 rings (SSSR count). The van der Waals surface area contributed by atoms with Crippen molar-refractivity contribution in [2.45, 2.75) is 53.2 Å². The zero-order valence-corrected chi connectivity index (χ0v) is 13.6. The summed E-state index contributed by atoms with van der Waals surface area (Å²) in [5, 5.41) is 4.86. The Hall–Kier alpha value is -1.79. The molecule has 0 aliphatic carbocycles. The fourth-order valence-electron chi connectivity index (χ4n) is 1.42. The number of rotatable bonds is 6. The van der Waals surface area contributed by atoms with Crippen LogP contribution < -0.4 is 10.6 Å². The first-order chi connectivity index (χ1) is 9.56. The van der Waals surface area contributed by atoms with Gasteiger partial charge in [-0.1, -0.05) is 13.8 Å². The molecule has 0 aromatic heterocycles. The van der Waals surface area contributed by atoms with Crippen LogP contribution in [0.15, 0.2) is 0 Å². The zero-order chi connectivity index (χ0) is 16.6. The first kappa shape index (κ1) is 19.2. The SMILES string of the molecule is CCOC(=O)C(NC(=O)CNC(=O)OC(C)(C)C)C(C)C. The summed E-state index contributed by atoms with van der Waals surface area (Å²) in [6, 6.07) is -0.738. The fraction of sp³-hybridized carbons (Fsp3) is 0.786. The van der Waals surface area contributed by atoms with E-state index < -0.39 is 29.6 Å². The van der Waals surface area contributed by atoms with Crippen molar-refractivity contribution in [2.75, 3.05) is 13.2 Å². The first-order valence-electron chi connectivity index (χ1n) is 6.99. The molecule has 0 aromatic carbocycles. The highest BCUT2D eigenvalue weighted by Crippen LogP contribution is 2.06. The Kier molecular flexibility index (Phi) is 7.76. The van der Waals surface area contributed by atoms with E-state index in [9.17, 15) is 14.4 Å². The summed E-state index contributed by atoms with van der Waals surface area (Å²) < 4.78 is 9.90. The molecular formula is C14H26N2O5. The van der Waals surface area contributed by atoms with Gasteiger partial charge in [-0.3, -0.25) is 4.79 Å². The molecule has 0 aliphatic heterocycles. The largest absolute Gasteiger partial charge is 0.464 e. The number of carbonyl (C=O) groups is 3. The van der Waals surface area contributed by atoms with Crippen molar-refractivity contribution in [3.05, 3.63) is 0 Å². The number of hydrogen-bond acceptors (Lipinski definition) is 5. The lowest BCUT2D eigenvalue weighted by Crippen LogP contribution is -2.49. The third-order valence-electron chi connectivity index (χ3n) is 2.32. The molecule has 0 radical (unpaired) electrons. The maximum atomic E-state index is 11.7. The molecule has 7 nitrogen and oxygen atoms in total. The molecule has 2 amide bonds. The number of hydrogen-bond donors (Lipinski definition) is 2. The predicted octanol–water partition coefficient (Wildman–Crippen LogP) is 1.21. The fourth-order valence-corrected chi connectivity index (χ4v) is 1.42. The molecule has 122 valence electrons. The van der Waals surface area contributed by atoms with E-state index in [2.05, 4.69) is 10.6 Å². The van der Waals surface area contributed by atoms with Gasteiger partial charge in [0.05, 0.1) is 6.61 Å². The number of carbonyl (C=O) groups excluding carboxylic acids is 3. The predicted molar refractivity (Wildman–Crippen MR) is 77.6 cm³/mol. The van der Waals surface area contributed by atoms with Crippen LogP contribution in [0.1, 0.15) is 41.5 Å². The van der Waals surface area contributed by atoms with Gasteiger partial charge in [0.1, 0.15) is 18.2 Å². The molecule has 0 aliphatic rings. The minimum absolute atomic E-state index is 0.116. The monoisotopic (exact) mass is 302 g/mol. The molecule has 0 spiro atoms. The topological polar surface area (TPSA) is 93.7 Å². The molecule has 2 N–H and O–H groups in total. The van der Waals surface area contributed by atoms with Crippen LogP contribution >= 0.6 is 0 Å². The van der Waals surface area contributed by atoms with E-state index in [0.717, 1.165) is 0 Å². The summed E-state index contributed by atoms with van der Waals surface area (Å²) in [6.45, 7) is 10.4. The highest BCUT2D eigenvalue weighted by atomic mass is 16.6. The third-order valence-corrected chi connectivity index (χ3v) is 2.32. The quantitative estimate of drug-likeness (QED) is 0.719. The van der Waals surface area contributed by atoms with Gasteiger partial charge < -0.3 is 20.1 Å². The molecule has 0 heterocycles. The summed E-state index contributed by atoms with van der Waals surface area (Å²) in [5.41, 5.74) is -0.633. The van der Waals surface area contributed by atoms with Gasteiger partial charge in [-0.15, -0.1) is 0 Å². The van der Waals surface area contributed by atoms with Crippen LogP contribution in [-0.2, 0) is 19.1 Å². The first-order valence-corrected chi connectivity index (χ1v) is 6.99. The van der Waals surface area contributed by atoms with E-state index in [1.165, 1.54) is 0 Å². The van der Waals surface area contributed by atoms with Crippen LogP contribution in [0.4, 0.5) is 4.79 Å². The van der Waals surface area contributed by atoms with Crippen LogP contribution in [0, 0.1) is 5.92 Å². The van der Waals surface area contributed by atoms with Gasteiger partial charge in [0.2, 0.25) is 5.91 Å². The van der Waals surface area contributed by atoms with E-state index >= 15 is 0 Å². The van der Waals surface area contributed by atoms with Crippen LogP contribution in [0.25, 0.3) is 0 Å². The second-order valence-corrected chi connectivity index (χ2v) is 5.90. The molecule has 0 fully saturated rings. The maximum absolute atomic E-state index is 11.7. The average Bonchev–Trinajstić information content (AvgIpc) is 2.31. The molecule has 0 aromatic rings. The lowest BCUT2D eigenvalue weighted by molar-refractivity contribution is -0.148. The van der Waals surface area contributed by atoms with Gasteiger partial charge in [0.15, 0.2) is 0 Å². The van der Waals surface area contributed by atoms with Crippen molar-refractivity contribution >= 4 is 18.0 Å². The van der Waals surface area contributed by atoms with Gasteiger partial charge >= 0.3 is 12.1 Å². The molecule has 1 unspecified atom stereocenters. The molecular weight excluding hydrogens is 276 g/mol. The number of ether oxygens (including phenoxy) is 2. The van der Waals surface area contributed by atoms with E-state index in [0.29, 0.717) is 0 Å². The molecule has 0 saturated carbocycles. The Balaban J connectivity index is 4.33. The van der Waals surface area contributed by atoms with Gasteiger partial charge in [0, 0.05) is 0 Å². The summed E-state index contributed by atoms with van der Waals surface area (Å²) in [6.07, 6.45) is -0.685. The van der Waals surface area contributed by atoms with Crippen molar-refractivity contribution < 1.29 is 23.9 Å². The smallest absolute Gasteiger partial charge is 0.408 e. The second-order valence-electron chi connectivity index (χ2n) is 5.90. The summed E-state index contributed by atoms with van der Waals surface area (Å²) in [4.78, 5) is 34.9. The van der Waals surface area contributed by atoms with Crippen LogP contribution in [0.5, 0.6) is 0 Å². The zero-order valence-electron chi connectivity index (χ0n) is 13.6. The van der Waals surface area contributed by atoms with Crippen LogP contribution in [0.2, 0.25) is 0 Å². The standard InChI is InChI=1S/C14H26N2O5/c1-7-20-12(18)11(9(2)3)16-10(17)8-15-13(19)21-14(4,5)6/h9,11H,7-8H2,1-6H3,(H,15,19)(H,16,17). The number of esters is 1. The summed E-state index contributed by atoms with van der Waals surface area (Å²) in [5.74, 6) is -1.08. The normalized spacial score (nSPS) is 12.5. The Morgan fingerprint density at radius 3 is 2.14 bits per heavy atom. The Labute approximate surface area is 125 Å². The lowest BCUT2D eigenvalue weighted by Gasteiger charge is -2.21. The van der Waals surface area contributed by atoms with Crippen molar-refractivity contribution in [3.8, 4) is 0 Å². The van der Waals surface area contributed by atoms with Gasteiger partial charge in [0.25, 0.3) is 0 Å². The molecule has 0 saturated heterocycles. The number of alkyl carbamates (subject to hydrolysis) is 1. The maximum Gasteiger partial charge on any atom is 0.408 e. The highest BCUT2D eigenvalue weighted by molar-refractivity contribution is 5.87. The third kappa shape index (κ3) is 8.88. The van der Waals surface area contributed by atoms with Crippen LogP contribution in [-0.4, -0.2) is 42.8 Å². The average molecular weight is 302 g/mol. The summed E-state index contributed by atoms with van der Waals surface area (Å²) in [7, 11) is 0. The van der Waals surface area contributed by atoms with Crippen molar-refractivity contribution in [3.63, 3.8) is 0 Å². The van der Waals surface area contributed by atoms with Crippen molar-refractivity contribution in [1.82, 2.24) is 10.6 Å². The molecule has 21 heavy (non-hydrogen) atoms. The molecule has 0 bridgehead atoms. The van der Waals surface area contributed by atoms with E-state index in [1.54, 1.807) is 41.5 Å². The lowest BCUT2D eigenvalue weighted by atomic mass is 10.0. The van der Waals surface area contributed by atoms with Gasteiger partial charge in [-0.25, -0.2) is 9.59 Å². The van der Waals surface area contributed by atoms with E-state index in [1.807, 2.05) is 0 Å². The van der Waals surface area contributed by atoms with Crippen LogP contribution in [0.3, 0.4) is 0 Å². The highest BCUT2D eigenvalue weighted by Gasteiger charge is 2.25. The number of amides is 2. The second kappa shape index (κ2) is 8.49. The molecule has 7 heteroatoms. The minimum Gasteiger partial charge on any atom is -0.464 e. The van der Waals surface area contributed by atoms with E-state index in [4.69, 9.17) is 9.47 Å². The Morgan fingerprint density at radius 2 is 1.71 bits per heavy atom. The van der Waals surface area contributed by atoms with E-state index in [-0.39, 0.29) is 19.1 Å². The molecule has 1 atom stereocenters. The van der Waals surface area contributed by atoms with Gasteiger partial charge in [-0.05, 0) is 33.6 Å². The Morgan fingerprint density at radius 1 is 1.14 bits per heavy atom. The van der Waals surface area contributed by atoms with Crippen molar-refractivity contribution in [1.29, 1.82) is 0 Å². The Bertz CT molecular complexity index is 374. The minimum atomic E-state index is -0.738.